The summed E-state index contributed by atoms with van der Waals surface area (Å²) >= 11 is 6.37. The number of nitrogens with one attached hydrogen (secondary N) is 3. The van der Waals surface area contributed by atoms with Crippen LogP contribution in [0.1, 0.15) is 36.9 Å². The van der Waals surface area contributed by atoms with Gasteiger partial charge in [0.25, 0.3) is 0 Å². The molecule has 9 heteroatoms. The van der Waals surface area contributed by atoms with Crippen LogP contribution < -0.4 is 20.9 Å². The van der Waals surface area contributed by atoms with E-state index in [2.05, 4.69) is 27.5 Å². The minimum Gasteiger partial charge on any atom is -0.481 e. The molecule has 7 nitrogen and oxygen atoms in total. The van der Waals surface area contributed by atoms with Gasteiger partial charge in [0.15, 0.2) is 0 Å². The molecule has 2 atom stereocenters. The number of methoxy groups -OCH3 is 1. The van der Waals surface area contributed by atoms with E-state index in [9.17, 15) is 14.0 Å². The number of aromatic nitrogens is 2. The third-order valence-electron chi connectivity index (χ3n) is 5.80. The molecule has 0 spiro atoms. The normalized spacial score (nSPS) is 17.6. The molecule has 0 aliphatic heterocycles. The van der Waals surface area contributed by atoms with Gasteiger partial charge in [0.1, 0.15) is 5.82 Å². The number of benzene rings is 1. The van der Waals surface area contributed by atoms with Gasteiger partial charge in [0, 0.05) is 35.7 Å². The van der Waals surface area contributed by atoms with Crippen molar-refractivity contribution >= 4 is 23.3 Å². The predicted octanol–water partition coefficient (Wildman–Crippen LogP) is 5.07. The van der Waals surface area contributed by atoms with E-state index in [-0.39, 0.29) is 22.3 Å². The first-order valence-electron chi connectivity index (χ1n) is 10.6. The molecule has 2 heterocycles. The van der Waals surface area contributed by atoms with Crippen LogP contribution in [0.15, 0.2) is 47.5 Å². The van der Waals surface area contributed by atoms with Crippen molar-refractivity contribution in [3.63, 3.8) is 0 Å². The Morgan fingerprint density at radius 2 is 2.09 bits per heavy atom. The van der Waals surface area contributed by atoms with E-state index in [0.717, 1.165) is 24.0 Å². The van der Waals surface area contributed by atoms with Crippen LogP contribution in [0.5, 0.6) is 5.88 Å². The lowest BCUT2D eigenvalue weighted by Crippen LogP contribution is -2.33. The van der Waals surface area contributed by atoms with Crippen molar-refractivity contribution < 1.29 is 13.9 Å². The molecule has 3 aromatic rings. The number of halogens is 2. The number of carbonyl (C=O) groups excluding carboxylic acids is 1. The summed E-state index contributed by atoms with van der Waals surface area (Å²) < 4.78 is 19.8. The monoisotopic (exact) mass is 470 g/mol. The zero-order valence-electron chi connectivity index (χ0n) is 18.2. The van der Waals surface area contributed by atoms with Crippen molar-refractivity contribution in [2.45, 2.75) is 32.2 Å². The number of urea groups is 1. The molecule has 172 valence electrons. The summed E-state index contributed by atoms with van der Waals surface area (Å²) in [6.45, 7) is 2.12. The van der Waals surface area contributed by atoms with Gasteiger partial charge in [-0.3, -0.25) is 4.79 Å². The van der Waals surface area contributed by atoms with Gasteiger partial charge in [0.05, 0.1) is 23.9 Å². The number of rotatable bonds is 4. The van der Waals surface area contributed by atoms with E-state index < -0.39 is 11.8 Å². The fourth-order valence-corrected chi connectivity index (χ4v) is 4.37. The summed E-state index contributed by atoms with van der Waals surface area (Å²) in [5, 5.41) is 5.72. The standard InChI is InChI=1S/C24H24ClFN4O3/c1-13-3-5-20(17-12-27-22(31)8-15(17)7-13)29-24(32)30-21-10-18(25)16(9-19(21)26)14-4-6-23(33-2)28-11-14/h4,6,8-13,20H,3,5,7H2,1-2H3,(H,27,31)(H2,29,30,32)/t13-,20+/m0/s1. The van der Waals surface area contributed by atoms with Gasteiger partial charge in [0.2, 0.25) is 11.4 Å². The molecule has 3 N–H and O–H groups in total. The van der Waals surface area contributed by atoms with Crippen molar-refractivity contribution in [2.75, 3.05) is 12.4 Å². The van der Waals surface area contributed by atoms with Gasteiger partial charge in [-0.05, 0) is 54.5 Å². The highest BCUT2D eigenvalue weighted by Crippen LogP contribution is 2.33. The second-order valence-electron chi connectivity index (χ2n) is 8.22. The zero-order valence-corrected chi connectivity index (χ0v) is 19.0. The Bertz CT molecular complexity index is 1230. The molecule has 33 heavy (non-hydrogen) atoms. The highest BCUT2D eigenvalue weighted by atomic mass is 35.5. The van der Waals surface area contributed by atoms with Crippen molar-refractivity contribution in [3.05, 3.63) is 75.0 Å². The van der Waals surface area contributed by atoms with Gasteiger partial charge in [-0.2, -0.15) is 0 Å². The minimum absolute atomic E-state index is 0.0357. The number of nitrogens with zero attached hydrogens (tertiary/aromatic N) is 1. The molecule has 1 aromatic carbocycles. The predicted molar refractivity (Wildman–Crippen MR) is 125 cm³/mol. The number of H-pyrrole nitrogens is 1. The lowest BCUT2D eigenvalue weighted by Gasteiger charge is -2.20. The number of pyridine rings is 2. The molecule has 2 aromatic heterocycles. The highest BCUT2D eigenvalue weighted by Gasteiger charge is 2.24. The van der Waals surface area contributed by atoms with E-state index in [0.29, 0.717) is 29.3 Å². The number of fused-ring (bicyclic) bond motifs is 1. The summed E-state index contributed by atoms with van der Waals surface area (Å²) in [7, 11) is 1.51. The molecule has 0 radical (unpaired) electrons. The summed E-state index contributed by atoms with van der Waals surface area (Å²) in [6, 6.07) is 6.73. The Morgan fingerprint density at radius 1 is 1.27 bits per heavy atom. The third-order valence-corrected chi connectivity index (χ3v) is 6.12. The Kier molecular flexibility index (Phi) is 6.65. The first-order valence-corrected chi connectivity index (χ1v) is 11.0. The smallest absolute Gasteiger partial charge is 0.319 e. The van der Waals surface area contributed by atoms with Gasteiger partial charge < -0.3 is 20.4 Å². The van der Waals surface area contributed by atoms with Crippen LogP contribution in [0.25, 0.3) is 11.1 Å². The van der Waals surface area contributed by atoms with Gasteiger partial charge in [-0.1, -0.05) is 18.5 Å². The van der Waals surface area contributed by atoms with Crippen LogP contribution in [0.4, 0.5) is 14.9 Å². The van der Waals surface area contributed by atoms with E-state index in [1.807, 2.05) is 0 Å². The lowest BCUT2D eigenvalue weighted by atomic mass is 10.00. The maximum Gasteiger partial charge on any atom is 0.319 e. The molecule has 0 saturated carbocycles. The molecule has 4 rings (SSSR count). The summed E-state index contributed by atoms with van der Waals surface area (Å²) in [5.41, 5.74) is 2.65. The van der Waals surface area contributed by atoms with Crippen molar-refractivity contribution in [1.82, 2.24) is 15.3 Å². The number of hydrogen-bond donors (Lipinski definition) is 3. The van der Waals surface area contributed by atoms with Crippen molar-refractivity contribution in [1.29, 1.82) is 0 Å². The maximum atomic E-state index is 14.8. The van der Waals surface area contributed by atoms with E-state index in [1.165, 1.54) is 25.4 Å². The van der Waals surface area contributed by atoms with E-state index in [1.54, 1.807) is 24.4 Å². The number of hydrogen-bond acceptors (Lipinski definition) is 4. The fourth-order valence-electron chi connectivity index (χ4n) is 4.10. The van der Waals surface area contributed by atoms with E-state index in [4.69, 9.17) is 16.3 Å². The lowest BCUT2D eigenvalue weighted by molar-refractivity contribution is 0.247. The Balaban J connectivity index is 1.52. The van der Waals surface area contributed by atoms with Gasteiger partial charge in [-0.25, -0.2) is 14.2 Å². The van der Waals surface area contributed by atoms with Crippen molar-refractivity contribution in [3.8, 4) is 17.0 Å². The first kappa shape index (κ1) is 22.8. The SMILES string of the molecule is COc1ccc(-c2cc(F)c(NC(=O)N[C@@H]3CC[C@H](C)Cc4cc(=O)[nH]cc43)cc2Cl)cn1. The quantitative estimate of drug-likeness (QED) is 0.463. The number of anilines is 1. The second-order valence-corrected chi connectivity index (χ2v) is 8.62. The average Bonchev–Trinajstić information content (AvgIpc) is 2.94. The Morgan fingerprint density at radius 3 is 2.82 bits per heavy atom. The van der Waals surface area contributed by atoms with Crippen LogP contribution in [-0.2, 0) is 6.42 Å². The molecule has 0 saturated heterocycles. The van der Waals surface area contributed by atoms with Crippen LogP contribution in [0.3, 0.4) is 0 Å². The zero-order chi connectivity index (χ0) is 23.5. The minimum atomic E-state index is -0.625. The Hall–Kier alpha value is -3.39. The van der Waals surface area contributed by atoms with E-state index >= 15 is 0 Å². The molecular formula is C24H24ClFN4O3. The largest absolute Gasteiger partial charge is 0.481 e. The Labute approximate surface area is 195 Å². The van der Waals surface area contributed by atoms with Gasteiger partial charge >= 0.3 is 6.03 Å². The average molecular weight is 471 g/mol. The second kappa shape index (κ2) is 9.62. The molecule has 2 amide bonds. The molecule has 1 aliphatic rings. The molecular weight excluding hydrogens is 447 g/mol. The van der Waals surface area contributed by atoms with Gasteiger partial charge in [-0.15, -0.1) is 0 Å². The van der Waals surface area contributed by atoms with Crippen molar-refractivity contribution in [2.24, 2.45) is 5.92 Å². The number of aromatic amines is 1. The van der Waals surface area contributed by atoms with Crippen LogP contribution in [0, 0.1) is 11.7 Å². The topological polar surface area (TPSA) is 96.1 Å². The van der Waals surface area contributed by atoms with Crippen LogP contribution >= 0.6 is 11.6 Å². The summed E-state index contributed by atoms with van der Waals surface area (Å²) in [5.74, 6) is 0.195. The van der Waals surface area contributed by atoms with Crippen LogP contribution in [-0.4, -0.2) is 23.1 Å². The number of ether oxygens (including phenoxy) is 1. The summed E-state index contributed by atoms with van der Waals surface area (Å²) in [6.07, 6.45) is 5.55. The third kappa shape index (κ3) is 5.17. The molecule has 0 unspecified atom stereocenters. The number of carbonyl (C=O) groups is 1. The molecule has 1 aliphatic carbocycles. The summed E-state index contributed by atoms with van der Waals surface area (Å²) in [4.78, 5) is 31.2. The maximum absolute atomic E-state index is 14.8. The highest BCUT2D eigenvalue weighted by molar-refractivity contribution is 6.33. The number of amides is 2. The van der Waals surface area contributed by atoms with Crippen LogP contribution in [0.2, 0.25) is 5.02 Å². The molecule has 0 fully saturated rings. The molecule has 0 bridgehead atoms. The fraction of sp³-hybridized carbons (Fsp3) is 0.292. The first-order chi connectivity index (χ1) is 15.8.